The summed E-state index contributed by atoms with van der Waals surface area (Å²) in [6.07, 6.45) is 0. The normalized spacial score (nSPS) is 14.1. The SMILES string of the molecule is CC(=S)[C@@H](C)C(C)C. The molecule has 0 N–H and O–H groups in total. The molecule has 0 amide bonds. The molecule has 1 heteroatoms. The number of hydrogen-bond acceptors (Lipinski definition) is 1. The highest BCUT2D eigenvalue weighted by Crippen LogP contribution is 2.10. The summed E-state index contributed by atoms with van der Waals surface area (Å²) in [4.78, 5) is 1.13. The first-order chi connectivity index (χ1) is 3.55. The lowest BCUT2D eigenvalue weighted by Crippen LogP contribution is -2.10. The van der Waals surface area contributed by atoms with Gasteiger partial charge in [-0.25, -0.2) is 0 Å². The fraction of sp³-hybridized carbons (Fsp3) is 0.857. The van der Waals surface area contributed by atoms with Gasteiger partial charge >= 0.3 is 0 Å². The van der Waals surface area contributed by atoms with Gasteiger partial charge in [-0.2, -0.15) is 0 Å². The largest absolute Gasteiger partial charge is 0.0897 e. The van der Waals surface area contributed by atoms with E-state index < -0.39 is 0 Å². The zero-order chi connectivity index (χ0) is 6.73. The van der Waals surface area contributed by atoms with Crippen molar-refractivity contribution in [3.05, 3.63) is 0 Å². The third kappa shape index (κ3) is 2.41. The molecule has 0 fully saturated rings. The Morgan fingerprint density at radius 2 is 1.62 bits per heavy atom. The van der Waals surface area contributed by atoms with Crippen molar-refractivity contribution in [2.45, 2.75) is 27.7 Å². The van der Waals surface area contributed by atoms with Gasteiger partial charge in [-0.05, 0) is 23.6 Å². The molecule has 0 radical (unpaired) electrons. The molecule has 0 unspecified atom stereocenters. The highest BCUT2D eigenvalue weighted by molar-refractivity contribution is 7.80. The molecule has 0 saturated carbocycles. The van der Waals surface area contributed by atoms with Crippen molar-refractivity contribution in [2.24, 2.45) is 11.8 Å². The summed E-state index contributed by atoms with van der Waals surface area (Å²) >= 11 is 4.99. The molecule has 0 aliphatic heterocycles. The number of thiocarbonyl (C=S) groups is 1. The fourth-order valence-electron chi connectivity index (χ4n) is 0.469. The molecule has 0 heterocycles. The predicted octanol–water partition coefficient (Wildman–Crippen LogP) is 2.67. The fourth-order valence-corrected chi connectivity index (χ4v) is 0.742. The van der Waals surface area contributed by atoms with E-state index in [-0.39, 0.29) is 0 Å². The second kappa shape index (κ2) is 3.18. The molecule has 0 aromatic heterocycles. The van der Waals surface area contributed by atoms with Gasteiger partial charge in [-0.1, -0.05) is 33.0 Å². The van der Waals surface area contributed by atoms with Gasteiger partial charge < -0.3 is 0 Å². The molecule has 0 aliphatic carbocycles. The van der Waals surface area contributed by atoms with E-state index in [1.807, 2.05) is 6.92 Å². The van der Waals surface area contributed by atoms with Crippen LogP contribution in [0.15, 0.2) is 0 Å². The van der Waals surface area contributed by atoms with Crippen LogP contribution in [0.25, 0.3) is 0 Å². The Labute approximate surface area is 57.3 Å². The van der Waals surface area contributed by atoms with Crippen LogP contribution in [0.4, 0.5) is 0 Å². The van der Waals surface area contributed by atoms with Crippen molar-refractivity contribution >= 4 is 17.1 Å². The van der Waals surface area contributed by atoms with Crippen LogP contribution >= 0.6 is 12.2 Å². The van der Waals surface area contributed by atoms with E-state index in [0.29, 0.717) is 11.8 Å². The Balaban J connectivity index is 3.64. The molecule has 48 valence electrons. The van der Waals surface area contributed by atoms with Crippen LogP contribution in [-0.4, -0.2) is 4.86 Å². The highest BCUT2D eigenvalue weighted by atomic mass is 32.1. The molecular formula is C7H14S. The smallest absolute Gasteiger partial charge is 0.00718 e. The third-order valence-corrected chi connectivity index (χ3v) is 2.01. The standard InChI is InChI=1S/C7H14S/c1-5(2)6(3)7(4)8/h5-6H,1-4H3/t6-/m0/s1. The first kappa shape index (κ1) is 8.09. The van der Waals surface area contributed by atoms with Crippen LogP contribution in [0.1, 0.15) is 27.7 Å². The van der Waals surface area contributed by atoms with Gasteiger partial charge in [0.05, 0.1) is 0 Å². The van der Waals surface area contributed by atoms with Gasteiger partial charge in [0.2, 0.25) is 0 Å². The Bertz CT molecular complexity index is 84.4. The second-order valence-electron chi connectivity index (χ2n) is 2.64. The Hall–Kier alpha value is 0.0900. The summed E-state index contributed by atoms with van der Waals surface area (Å²) < 4.78 is 0. The summed E-state index contributed by atoms with van der Waals surface area (Å²) in [5, 5.41) is 0. The van der Waals surface area contributed by atoms with Gasteiger partial charge in [0.15, 0.2) is 0 Å². The topological polar surface area (TPSA) is 0 Å². The number of rotatable bonds is 2. The zero-order valence-corrected chi connectivity index (χ0v) is 6.88. The molecule has 1 atom stereocenters. The molecule has 0 aromatic carbocycles. The van der Waals surface area contributed by atoms with Gasteiger partial charge in [-0.3, -0.25) is 0 Å². The van der Waals surface area contributed by atoms with Crippen LogP contribution in [-0.2, 0) is 0 Å². The minimum Gasteiger partial charge on any atom is -0.0897 e. The quantitative estimate of drug-likeness (QED) is 0.518. The van der Waals surface area contributed by atoms with Gasteiger partial charge in [0.1, 0.15) is 0 Å². The molecule has 0 saturated heterocycles. The Morgan fingerprint density at radius 3 is 1.62 bits per heavy atom. The van der Waals surface area contributed by atoms with Crippen LogP contribution in [0, 0.1) is 11.8 Å². The lowest BCUT2D eigenvalue weighted by molar-refractivity contribution is 0.536. The van der Waals surface area contributed by atoms with Crippen molar-refractivity contribution in [1.82, 2.24) is 0 Å². The lowest BCUT2D eigenvalue weighted by Gasteiger charge is -2.12. The average molecular weight is 130 g/mol. The molecule has 0 bridgehead atoms. The Kier molecular flexibility index (Phi) is 3.22. The molecule has 0 nitrogen and oxygen atoms in total. The molecule has 0 aromatic rings. The van der Waals surface area contributed by atoms with E-state index in [1.165, 1.54) is 0 Å². The minimum absolute atomic E-state index is 0.602. The summed E-state index contributed by atoms with van der Waals surface area (Å²) in [6.45, 7) is 8.58. The third-order valence-electron chi connectivity index (χ3n) is 1.64. The van der Waals surface area contributed by atoms with Crippen LogP contribution < -0.4 is 0 Å². The maximum absolute atomic E-state index is 4.99. The van der Waals surface area contributed by atoms with Gasteiger partial charge in [-0.15, -0.1) is 0 Å². The average Bonchev–Trinajstić information content (AvgIpc) is 1.64. The van der Waals surface area contributed by atoms with E-state index in [0.717, 1.165) is 4.86 Å². The monoisotopic (exact) mass is 130 g/mol. The van der Waals surface area contributed by atoms with Crippen molar-refractivity contribution in [3.63, 3.8) is 0 Å². The summed E-state index contributed by atoms with van der Waals surface area (Å²) in [5.41, 5.74) is 0. The molecule has 0 rings (SSSR count). The first-order valence-corrected chi connectivity index (χ1v) is 3.47. The van der Waals surface area contributed by atoms with Crippen LogP contribution in [0.3, 0.4) is 0 Å². The summed E-state index contributed by atoms with van der Waals surface area (Å²) in [5.74, 6) is 1.30. The van der Waals surface area contributed by atoms with E-state index in [2.05, 4.69) is 20.8 Å². The molecule has 8 heavy (non-hydrogen) atoms. The van der Waals surface area contributed by atoms with Crippen LogP contribution in [0.2, 0.25) is 0 Å². The van der Waals surface area contributed by atoms with Crippen molar-refractivity contribution in [3.8, 4) is 0 Å². The number of hydrogen-bond donors (Lipinski definition) is 0. The van der Waals surface area contributed by atoms with E-state index in [9.17, 15) is 0 Å². The molecule has 0 aliphatic rings. The molecule has 0 spiro atoms. The lowest BCUT2D eigenvalue weighted by atomic mass is 9.96. The van der Waals surface area contributed by atoms with Crippen LogP contribution in [0.5, 0.6) is 0 Å². The predicted molar refractivity (Wildman–Crippen MR) is 42.3 cm³/mol. The maximum Gasteiger partial charge on any atom is -0.00718 e. The van der Waals surface area contributed by atoms with E-state index in [1.54, 1.807) is 0 Å². The second-order valence-corrected chi connectivity index (χ2v) is 3.29. The van der Waals surface area contributed by atoms with Crippen molar-refractivity contribution in [2.75, 3.05) is 0 Å². The Morgan fingerprint density at radius 1 is 1.25 bits per heavy atom. The van der Waals surface area contributed by atoms with Gasteiger partial charge in [0.25, 0.3) is 0 Å². The van der Waals surface area contributed by atoms with Crippen molar-refractivity contribution < 1.29 is 0 Å². The molecular weight excluding hydrogens is 116 g/mol. The minimum atomic E-state index is 0.602. The maximum atomic E-state index is 4.99. The summed E-state index contributed by atoms with van der Waals surface area (Å²) in [6, 6.07) is 0. The highest BCUT2D eigenvalue weighted by Gasteiger charge is 2.06. The van der Waals surface area contributed by atoms with E-state index in [4.69, 9.17) is 12.2 Å². The van der Waals surface area contributed by atoms with E-state index >= 15 is 0 Å². The first-order valence-electron chi connectivity index (χ1n) is 3.06. The summed E-state index contributed by atoms with van der Waals surface area (Å²) in [7, 11) is 0. The van der Waals surface area contributed by atoms with Gasteiger partial charge in [0, 0.05) is 0 Å². The van der Waals surface area contributed by atoms with Crippen molar-refractivity contribution in [1.29, 1.82) is 0 Å². The zero-order valence-electron chi connectivity index (χ0n) is 6.06.